The van der Waals surface area contributed by atoms with Gasteiger partial charge in [-0.2, -0.15) is 0 Å². The van der Waals surface area contributed by atoms with E-state index in [0.717, 1.165) is 22.2 Å². The topological polar surface area (TPSA) is 72.9 Å². The average molecular weight is 452 g/mol. The summed E-state index contributed by atoms with van der Waals surface area (Å²) >= 11 is 13.1. The van der Waals surface area contributed by atoms with Crippen LogP contribution < -0.4 is 4.74 Å². The Morgan fingerprint density at radius 2 is 1.90 bits per heavy atom. The minimum atomic E-state index is -0.670. The number of hydrogen-bond donors (Lipinski definition) is 0. The summed E-state index contributed by atoms with van der Waals surface area (Å²) in [7, 11) is 1.19. The maximum absolute atomic E-state index is 12.4. The first-order chi connectivity index (χ1) is 13.9. The monoisotopic (exact) mass is 451 g/mol. The number of methoxy groups -OCH3 is 1. The number of hydrogen-bond acceptors (Lipinski definition) is 6. The number of imide groups is 1. The van der Waals surface area contributed by atoms with Crippen LogP contribution in [0.15, 0.2) is 47.4 Å². The average Bonchev–Trinajstić information content (AvgIpc) is 2.95. The van der Waals surface area contributed by atoms with Crippen molar-refractivity contribution in [3.05, 3.63) is 68.5 Å². The summed E-state index contributed by atoms with van der Waals surface area (Å²) in [5.41, 5.74) is 1.44. The molecule has 2 amide bonds. The number of thioether (sulfide) groups is 1. The highest BCUT2D eigenvalue weighted by Gasteiger charge is 2.36. The van der Waals surface area contributed by atoms with Crippen LogP contribution in [0, 0.1) is 0 Å². The summed E-state index contributed by atoms with van der Waals surface area (Å²) in [5, 5.41) is 0.417. The maximum Gasteiger partial charge on any atom is 0.325 e. The number of esters is 1. The van der Waals surface area contributed by atoms with Crippen molar-refractivity contribution in [1.29, 1.82) is 0 Å². The van der Waals surface area contributed by atoms with E-state index < -0.39 is 23.7 Å². The Morgan fingerprint density at radius 3 is 2.59 bits per heavy atom. The number of carbonyl (C=O) groups is 3. The van der Waals surface area contributed by atoms with Gasteiger partial charge in [0.1, 0.15) is 18.9 Å². The van der Waals surface area contributed by atoms with Gasteiger partial charge in [0.2, 0.25) is 0 Å². The Bertz CT molecular complexity index is 1010. The molecule has 0 unspecified atom stereocenters. The first kappa shape index (κ1) is 21.2. The predicted molar refractivity (Wildman–Crippen MR) is 112 cm³/mol. The summed E-state index contributed by atoms with van der Waals surface area (Å²) in [4.78, 5) is 36.7. The second-order valence-electron chi connectivity index (χ2n) is 5.91. The number of benzene rings is 2. The van der Waals surface area contributed by atoms with E-state index in [4.69, 9.17) is 27.9 Å². The van der Waals surface area contributed by atoms with Gasteiger partial charge in [-0.3, -0.25) is 19.3 Å². The molecule has 2 aromatic rings. The molecule has 0 aliphatic carbocycles. The molecule has 0 spiro atoms. The van der Waals surface area contributed by atoms with Gasteiger partial charge >= 0.3 is 5.97 Å². The fourth-order valence-corrected chi connectivity index (χ4v) is 3.75. The molecule has 0 aromatic heterocycles. The molecule has 9 heteroatoms. The molecule has 0 saturated carbocycles. The van der Waals surface area contributed by atoms with Crippen molar-refractivity contribution in [3.63, 3.8) is 0 Å². The molecule has 1 aliphatic heterocycles. The number of ether oxygens (including phenoxy) is 2. The van der Waals surface area contributed by atoms with Gasteiger partial charge in [-0.25, -0.2) is 0 Å². The van der Waals surface area contributed by atoms with Crippen LogP contribution in [0.1, 0.15) is 11.1 Å². The molecule has 6 nitrogen and oxygen atoms in total. The van der Waals surface area contributed by atoms with Gasteiger partial charge in [-0.15, -0.1) is 0 Å². The minimum absolute atomic E-state index is 0.194. The van der Waals surface area contributed by atoms with Crippen LogP contribution in [-0.2, 0) is 20.9 Å². The van der Waals surface area contributed by atoms with E-state index in [2.05, 4.69) is 4.74 Å². The predicted octanol–water partition coefficient (Wildman–Crippen LogP) is 4.78. The van der Waals surface area contributed by atoms with E-state index in [-0.39, 0.29) is 11.5 Å². The molecular weight excluding hydrogens is 437 g/mol. The standard InChI is InChI=1S/C20H15Cl2NO5S/c1-27-18(24)10-23-19(25)17(29-20(23)26)9-12-6-7-16(15(22)8-12)28-11-13-4-2-3-5-14(13)21/h2-9H,10-11H2,1H3/b17-9-. The van der Waals surface area contributed by atoms with Crippen molar-refractivity contribution in [2.75, 3.05) is 13.7 Å². The highest BCUT2D eigenvalue weighted by atomic mass is 35.5. The van der Waals surface area contributed by atoms with Gasteiger partial charge < -0.3 is 9.47 Å². The van der Waals surface area contributed by atoms with Crippen molar-refractivity contribution < 1.29 is 23.9 Å². The zero-order valence-electron chi connectivity index (χ0n) is 15.2. The van der Waals surface area contributed by atoms with Gasteiger partial charge in [-0.1, -0.05) is 47.5 Å². The lowest BCUT2D eigenvalue weighted by Gasteiger charge is -2.10. The van der Waals surface area contributed by atoms with E-state index in [1.165, 1.54) is 13.2 Å². The number of rotatable bonds is 6. The number of nitrogens with zero attached hydrogens (tertiary/aromatic N) is 1. The third-order valence-electron chi connectivity index (χ3n) is 3.98. The zero-order valence-corrected chi connectivity index (χ0v) is 17.5. The largest absolute Gasteiger partial charge is 0.487 e. The minimum Gasteiger partial charge on any atom is -0.487 e. The summed E-state index contributed by atoms with van der Waals surface area (Å²) in [6.07, 6.45) is 1.53. The van der Waals surface area contributed by atoms with Gasteiger partial charge in [0.05, 0.1) is 17.0 Å². The van der Waals surface area contributed by atoms with Crippen LogP contribution in [0.25, 0.3) is 6.08 Å². The Labute approximate surface area is 181 Å². The zero-order chi connectivity index (χ0) is 21.0. The van der Waals surface area contributed by atoms with E-state index in [1.54, 1.807) is 24.3 Å². The van der Waals surface area contributed by atoms with Crippen molar-refractivity contribution in [2.24, 2.45) is 0 Å². The molecule has 1 saturated heterocycles. The Kier molecular flexibility index (Phi) is 6.84. The molecular formula is C20H15Cl2NO5S. The van der Waals surface area contributed by atoms with Crippen molar-refractivity contribution in [1.82, 2.24) is 4.90 Å². The fourth-order valence-electron chi connectivity index (χ4n) is 2.48. The van der Waals surface area contributed by atoms with Crippen LogP contribution in [0.4, 0.5) is 4.79 Å². The molecule has 1 fully saturated rings. The van der Waals surface area contributed by atoms with Crippen LogP contribution >= 0.6 is 35.0 Å². The SMILES string of the molecule is COC(=O)CN1C(=O)S/C(=C\c2ccc(OCc3ccccc3Cl)c(Cl)c2)C1=O. The summed E-state index contributed by atoms with van der Waals surface area (Å²) in [6.45, 7) is -0.167. The van der Waals surface area contributed by atoms with Gasteiger partial charge in [-0.05, 0) is 41.6 Å². The Hall–Kier alpha value is -2.48. The van der Waals surface area contributed by atoms with Crippen LogP contribution in [0.2, 0.25) is 10.0 Å². The van der Waals surface area contributed by atoms with Crippen molar-refractivity contribution in [2.45, 2.75) is 6.61 Å². The maximum atomic E-state index is 12.4. The van der Waals surface area contributed by atoms with Crippen LogP contribution in [0.3, 0.4) is 0 Å². The van der Waals surface area contributed by atoms with Crippen molar-refractivity contribution >= 4 is 58.2 Å². The van der Waals surface area contributed by atoms with E-state index in [0.29, 0.717) is 21.4 Å². The van der Waals surface area contributed by atoms with Gasteiger partial charge in [0.25, 0.3) is 11.1 Å². The molecule has 0 N–H and O–H groups in total. The fraction of sp³-hybridized carbons (Fsp3) is 0.150. The number of halogens is 2. The van der Waals surface area contributed by atoms with E-state index in [9.17, 15) is 14.4 Å². The van der Waals surface area contributed by atoms with Gasteiger partial charge in [0, 0.05) is 10.6 Å². The molecule has 1 aliphatic rings. The number of amides is 2. The lowest BCUT2D eigenvalue weighted by molar-refractivity contribution is -0.143. The highest BCUT2D eigenvalue weighted by Crippen LogP contribution is 2.34. The van der Waals surface area contributed by atoms with Crippen molar-refractivity contribution in [3.8, 4) is 5.75 Å². The smallest absolute Gasteiger partial charge is 0.325 e. The van der Waals surface area contributed by atoms with Crippen LogP contribution in [-0.4, -0.2) is 35.7 Å². The molecule has 0 radical (unpaired) electrons. The molecule has 0 atom stereocenters. The quantitative estimate of drug-likeness (QED) is 0.464. The van der Waals surface area contributed by atoms with E-state index in [1.807, 2.05) is 18.2 Å². The second-order valence-corrected chi connectivity index (χ2v) is 7.72. The molecule has 29 heavy (non-hydrogen) atoms. The molecule has 1 heterocycles. The van der Waals surface area contributed by atoms with E-state index >= 15 is 0 Å². The Balaban J connectivity index is 1.71. The van der Waals surface area contributed by atoms with Gasteiger partial charge in [0.15, 0.2) is 0 Å². The molecule has 3 rings (SSSR count). The highest BCUT2D eigenvalue weighted by molar-refractivity contribution is 8.18. The van der Waals surface area contributed by atoms with Crippen LogP contribution in [0.5, 0.6) is 5.75 Å². The first-order valence-electron chi connectivity index (χ1n) is 8.37. The second kappa shape index (κ2) is 9.35. The summed E-state index contributed by atoms with van der Waals surface area (Å²) in [5.74, 6) is -0.764. The molecule has 0 bridgehead atoms. The third-order valence-corrected chi connectivity index (χ3v) is 5.55. The summed E-state index contributed by atoms with van der Waals surface area (Å²) in [6, 6.07) is 12.3. The molecule has 150 valence electrons. The Morgan fingerprint density at radius 1 is 1.14 bits per heavy atom. The number of carbonyl (C=O) groups excluding carboxylic acids is 3. The lowest BCUT2D eigenvalue weighted by Crippen LogP contribution is -2.34. The summed E-state index contributed by atoms with van der Waals surface area (Å²) < 4.78 is 10.2. The third kappa shape index (κ3) is 5.12. The lowest BCUT2D eigenvalue weighted by atomic mass is 10.2. The molecule has 2 aromatic carbocycles. The first-order valence-corrected chi connectivity index (χ1v) is 9.94. The normalized spacial score (nSPS) is 15.1.